The van der Waals surface area contributed by atoms with Crippen LogP contribution in [0.25, 0.3) is 0 Å². The van der Waals surface area contributed by atoms with Crippen LogP contribution in [0.4, 0.5) is 4.79 Å². The molecule has 1 saturated heterocycles. The van der Waals surface area contributed by atoms with Crippen LogP contribution < -0.4 is 0 Å². The van der Waals surface area contributed by atoms with Crippen LogP contribution in [0.3, 0.4) is 0 Å². The molecule has 0 bridgehead atoms. The highest BCUT2D eigenvalue weighted by Gasteiger charge is 2.69. The summed E-state index contributed by atoms with van der Waals surface area (Å²) in [6.07, 6.45) is 0. The lowest BCUT2D eigenvalue weighted by molar-refractivity contribution is -0.153. The van der Waals surface area contributed by atoms with Gasteiger partial charge in [0.25, 0.3) is 0 Å². The van der Waals surface area contributed by atoms with Crippen LogP contribution in [0.1, 0.15) is 25.0 Å². The number of carboxylic acid groups (broad SMARTS) is 1. The fourth-order valence-corrected chi connectivity index (χ4v) is 4.04. The molecule has 1 aliphatic heterocycles. The number of amides is 2. The van der Waals surface area contributed by atoms with Crippen molar-refractivity contribution in [2.24, 2.45) is 0 Å². The van der Waals surface area contributed by atoms with Gasteiger partial charge in [0.05, 0.1) is 0 Å². The number of hydrogen-bond donors (Lipinski definition) is 2. The number of carbonyl (C=O) groups is 3. The van der Waals surface area contributed by atoms with Gasteiger partial charge >= 0.3 is 12.0 Å². The van der Waals surface area contributed by atoms with Crippen molar-refractivity contribution in [3.63, 3.8) is 0 Å². The Balaban J connectivity index is 2.10. The van der Waals surface area contributed by atoms with Crippen LogP contribution in [-0.2, 0) is 22.7 Å². The largest absolute Gasteiger partial charge is 0.479 e. The maximum absolute atomic E-state index is 13.3. The quantitative estimate of drug-likeness (QED) is 0.733. The Morgan fingerprint density at radius 2 is 1.36 bits per heavy atom. The molecule has 0 saturated carbocycles. The minimum absolute atomic E-state index is 0.0589. The number of urea groups is 1. The molecule has 1 N–H and O–H groups in total. The van der Waals surface area contributed by atoms with E-state index in [4.69, 9.17) is 0 Å². The summed E-state index contributed by atoms with van der Waals surface area (Å²) < 4.78 is 0. The third kappa shape index (κ3) is 2.96. The van der Waals surface area contributed by atoms with Crippen LogP contribution >= 0.6 is 12.6 Å². The predicted octanol–water partition coefficient (Wildman–Crippen LogP) is 3.18. The first-order valence-corrected chi connectivity index (χ1v) is 9.31. The van der Waals surface area contributed by atoms with Crippen molar-refractivity contribution in [1.82, 2.24) is 9.80 Å². The van der Waals surface area contributed by atoms with Crippen LogP contribution in [0.5, 0.6) is 0 Å². The molecule has 7 heteroatoms. The number of carboxylic acids is 1. The molecule has 1 heterocycles. The van der Waals surface area contributed by atoms with Gasteiger partial charge in [-0.3, -0.25) is 9.69 Å². The summed E-state index contributed by atoms with van der Waals surface area (Å²) in [5.41, 5.74) is -0.294. The van der Waals surface area contributed by atoms with Crippen molar-refractivity contribution in [3.8, 4) is 0 Å². The molecule has 146 valence electrons. The minimum atomic E-state index is -1.84. The van der Waals surface area contributed by atoms with Crippen molar-refractivity contribution in [2.45, 2.75) is 37.3 Å². The number of rotatable bonds is 6. The maximum Gasteiger partial charge on any atom is 0.333 e. The molecule has 1 fully saturated rings. The van der Waals surface area contributed by atoms with E-state index in [0.29, 0.717) is 0 Å². The molecule has 0 aliphatic carbocycles. The Bertz CT molecular complexity index is 832. The standard InChI is InChI=1S/C21H22N2O4S/c1-15(24)21(28)20(2,18(25)26)22(13-16-9-5-3-6-10-16)19(27)23(21)14-17-11-7-4-8-12-17/h3-12,28H,13-14H2,1-2H3,(H,25,26)/t20-,21+/m1/s1. The lowest BCUT2D eigenvalue weighted by Crippen LogP contribution is -2.64. The summed E-state index contributed by atoms with van der Waals surface area (Å²) in [6.45, 7) is 2.79. The molecule has 6 nitrogen and oxygen atoms in total. The lowest BCUT2D eigenvalue weighted by atomic mass is 9.87. The van der Waals surface area contributed by atoms with Gasteiger partial charge in [-0.25, -0.2) is 9.59 Å². The highest BCUT2D eigenvalue weighted by atomic mass is 32.1. The van der Waals surface area contributed by atoms with E-state index in [1.54, 1.807) is 0 Å². The Morgan fingerprint density at radius 3 is 1.75 bits per heavy atom. The first-order chi connectivity index (χ1) is 13.2. The molecule has 0 unspecified atom stereocenters. The summed E-state index contributed by atoms with van der Waals surface area (Å²) in [5, 5.41) is 10.1. The van der Waals surface area contributed by atoms with Crippen molar-refractivity contribution >= 4 is 30.4 Å². The molecule has 2 atom stereocenters. The van der Waals surface area contributed by atoms with E-state index in [2.05, 4.69) is 12.6 Å². The van der Waals surface area contributed by atoms with Crippen molar-refractivity contribution in [3.05, 3.63) is 71.8 Å². The Hall–Kier alpha value is -2.80. The average molecular weight is 398 g/mol. The van der Waals surface area contributed by atoms with Gasteiger partial charge in [0.1, 0.15) is 0 Å². The normalized spacial score (nSPS) is 24.5. The van der Waals surface area contributed by atoms with E-state index < -0.39 is 28.2 Å². The molecule has 3 rings (SSSR count). The van der Waals surface area contributed by atoms with Gasteiger partial charge in [-0.05, 0) is 25.0 Å². The molecule has 1 aliphatic rings. The SMILES string of the molecule is CC(=O)[C@@]1(S)N(Cc2ccccc2)C(=O)N(Cc2ccccc2)[C@]1(C)C(=O)O. The zero-order valence-electron chi connectivity index (χ0n) is 15.7. The van der Waals surface area contributed by atoms with Gasteiger partial charge in [0, 0.05) is 13.1 Å². The summed E-state index contributed by atoms with van der Waals surface area (Å²) in [7, 11) is 0. The topological polar surface area (TPSA) is 77.9 Å². The summed E-state index contributed by atoms with van der Waals surface area (Å²) >= 11 is 4.54. The second kappa shape index (κ2) is 7.31. The summed E-state index contributed by atoms with van der Waals surface area (Å²) in [5.74, 6) is -1.78. The molecular weight excluding hydrogens is 376 g/mol. The number of thiol groups is 1. The van der Waals surface area contributed by atoms with E-state index in [1.807, 2.05) is 60.7 Å². The molecule has 2 amide bonds. The molecular formula is C21H22N2O4S. The number of nitrogens with zero attached hydrogens (tertiary/aromatic N) is 2. The van der Waals surface area contributed by atoms with Gasteiger partial charge in [0.15, 0.2) is 16.2 Å². The smallest absolute Gasteiger partial charge is 0.333 e. The number of carbonyl (C=O) groups excluding carboxylic acids is 2. The lowest BCUT2D eigenvalue weighted by Gasteiger charge is -2.40. The van der Waals surface area contributed by atoms with Gasteiger partial charge < -0.3 is 10.0 Å². The fraction of sp³-hybridized carbons (Fsp3) is 0.286. The van der Waals surface area contributed by atoms with Crippen LogP contribution in [0.2, 0.25) is 0 Å². The molecule has 0 spiro atoms. The van der Waals surface area contributed by atoms with Crippen LogP contribution in [-0.4, -0.2) is 43.1 Å². The zero-order valence-corrected chi connectivity index (χ0v) is 16.6. The molecule has 2 aromatic rings. The molecule has 0 aromatic heterocycles. The van der Waals surface area contributed by atoms with Gasteiger partial charge in [-0.2, -0.15) is 0 Å². The highest BCUT2D eigenvalue weighted by molar-refractivity contribution is 7.83. The third-order valence-electron chi connectivity index (χ3n) is 5.35. The van der Waals surface area contributed by atoms with Gasteiger partial charge in [0.2, 0.25) is 0 Å². The number of ketones is 1. The summed E-state index contributed by atoms with van der Waals surface area (Å²) in [6, 6.07) is 17.7. The van der Waals surface area contributed by atoms with E-state index >= 15 is 0 Å². The van der Waals surface area contributed by atoms with Crippen LogP contribution in [0, 0.1) is 0 Å². The number of benzene rings is 2. The van der Waals surface area contributed by atoms with Gasteiger partial charge in [-0.15, -0.1) is 12.6 Å². The first-order valence-electron chi connectivity index (χ1n) is 8.86. The average Bonchev–Trinajstić information content (AvgIpc) is 2.84. The van der Waals surface area contributed by atoms with Crippen LogP contribution in [0.15, 0.2) is 60.7 Å². The Labute approximate surface area is 169 Å². The highest BCUT2D eigenvalue weighted by Crippen LogP contribution is 2.47. The Morgan fingerprint density at radius 1 is 0.929 bits per heavy atom. The van der Waals surface area contributed by atoms with Crippen molar-refractivity contribution in [2.75, 3.05) is 0 Å². The maximum atomic E-state index is 13.3. The monoisotopic (exact) mass is 398 g/mol. The Kier molecular flexibility index (Phi) is 5.21. The van der Waals surface area contributed by atoms with Crippen molar-refractivity contribution in [1.29, 1.82) is 0 Å². The molecule has 28 heavy (non-hydrogen) atoms. The van der Waals surface area contributed by atoms with Crippen molar-refractivity contribution < 1.29 is 19.5 Å². The third-order valence-corrected chi connectivity index (χ3v) is 6.34. The van der Waals surface area contributed by atoms with E-state index in [0.717, 1.165) is 11.1 Å². The second-order valence-electron chi connectivity index (χ2n) is 7.03. The van der Waals surface area contributed by atoms with E-state index in [1.165, 1.54) is 23.6 Å². The zero-order chi connectivity index (χ0) is 20.5. The number of hydrogen-bond acceptors (Lipinski definition) is 4. The molecule has 0 radical (unpaired) electrons. The van der Waals surface area contributed by atoms with E-state index in [-0.39, 0.29) is 13.1 Å². The van der Waals surface area contributed by atoms with E-state index in [9.17, 15) is 19.5 Å². The van der Waals surface area contributed by atoms with Gasteiger partial charge in [-0.1, -0.05) is 60.7 Å². The number of aliphatic carboxylic acids is 1. The minimum Gasteiger partial charge on any atom is -0.479 e. The fourth-order valence-electron chi connectivity index (χ4n) is 3.66. The predicted molar refractivity (Wildman–Crippen MR) is 108 cm³/mol. The second-order valence-corrected chi connectivity index (χ2v) is 7.68. The first kappa shape index (κ1) is 19.9. The molecule has 2 aromatic carbocycles. The summed E-state index contributed by atoms with van der Waals surface area (Å²) in [4.78, 5) is 39.0. The number of Topliss-reactive ketones (excluding diaryl/α,β-unsaturated/α-hetero) is 1.